The van der Waals surface area contributed by atoms with Gasteiger partial charge in [0.1, 0.15) is 5.82 Å². The lowest BCUT2D eigenvalue weighted by Crippen LogP contribution is -2.09. The second kappa shape index (κ2) is 23.8. The summed E-state index contributed by atoms with van der Waals surface area (Å²) in [5.74, 6) is 3.41. The minimum Gasteiger partial charge on any atom is -0.309 e. The van der Waals surface area contributed by atoms with E-state index >= 15 is 0 Å². The minimum absolute atomic E-state index is 0.314. The SMILES string of the molecule is c1ccc(-c2nc(-c3cccc(-c4cccc5c4c4ccccc4n5-c4ccc5c(c4)C(c4nc(-c6ccccc6)nc(-c6ccccc6)n4)c4ccc6sc7ccccc7c6c4-5)c3)nc(-c3cccc(-n4c5cc(-n6c7ccccc7c7ccccc76)ccc5c5ccc6c7ccccc7sc6c54)c3)n2)cc1. The molecule has 0 aliphatic heterocycles. The molecular formula is C97H57N9S2. The molecule has 0 bridgehead atoms. The minimum atomic E-state index is -0.314. The maximum absolute atomic E-state index is 5.51. The van der Waals surface area contributed by atoms with Gasteiger partial charge in [-0.25, -0.2) is 29.9 Å². The number of benzene rings is 15. The van der Waals surface area contributed by atoms with E-state index in [9.17, 15) is 0 Å². The fourth-order valence-corrected chi connectivity index (χ4v) is 19.6. The molecule has 1 atom stereocenters. The van der Waals surface area contributed by atoms with Gasteiger partial charge < -0.3 is 13.7 Å². The van der Waals surface area contributed by atoms with E-state index in [1.165, 1.54) is 95.1 Å². The molecule has 22 aromatic rings. The fraction of sp³-hybridized carbons (Fsp3) is 0.0103. The Morgan fingerprint density at radius 1 is 0.241 bits per heavy atom. The van der Waals surface area contributed by atoms with Crippen LogP contribution in [0.1, 0.15) is 22.9 Å². The molecule has 0 radical (unpaired) electrons. The molecule has 9 nitrogen and oxygen atoms in total. The van der Waals surface area contributed by atoms with Crippen LogP contribution in [0.3, 0.4) is 0 Å². The molecule has 502 valence electrons. The highest BCUT2D eigenvalue weighted by molar-refractivity contribution is 7.27. The zero-order valence-corrected chi connectivity index (χ0v) is 59.4. The van der Waals surface area contributed by atoms with E-state index in [0.717, 1.165) is 88.9 Å². The van der Waals surface area contributed by atoms with Crippen LogP contribution in [0, 0.1) is 0 Å². The van der Waals surface area contributed by atoms with Crippen molar-refractivity contribution in [2.45, 2.75) is 5.92 Å². The number of nitrogens with zero attached hydrogens (tertiary/aromatic N) is 9. The summed E-state index contributed by atoms with van der Waals surface area (Å²) in [5, 5.41) is 12.1. The molecule has 23 rings (SSSR count). The number of fused-ring (bicyclic) bond motifs is 20. The van der Waals surface area contributed by atoms with Crippen molar-refractivity contribution in [1.29, 1.82) is 0 Å². The average Bonchev–Trinajstić information content (AvgIpc) is 1.56. The van der Waals surface area contributed by atoms with E-state index < -0.39 is 0 Å². The second-order valence-electron chi connectivity index (χ2n) is 28.0. The summed E-state index contributed by atoms with van der Waals surface area (Å²) in [6.45, 7) is 0. The van der Waals surface area contributed by atoms with Gasteiger partial charge in [0.2, 0.25) is 0 Å². The van der Waals surface area contributed by atoms with Crippen LogP contribution in [-0.2, 0) is 0 Å². The molecule has 1 aliphatic carbocycles. The predicted molar refractivity (Wildman–Crippen MR) is 447 cm³/mol. The maximum Gasteiger partial charge on any atom is 0.164 e. The molecule has 7 aromatic heterocycles. The smallest absolute Gasteiger partial charge is 0.164 e. The first-order valence-electron chi connectivity index (χ1n) is 36.4. The van der Waals surface area contributed by atoms with Crippen molar-refractivity contribution in [3.8, 4) is 96.3 Å². The first-order valence-corrected chi connectivity index (χ1v) is 38.1. The maximum atomic E-state index is 5.51. The third kappa shape index (κ3) is 9.29. The Morgan fingerprint density at radius 3 is 1.40 bits per heavy atom. The lowest BCUT2D eigenvalue weighted by Gasteiger charge is -2.17. The molecule has 0 N–H and O–H groups in total. The van der Waals surface area contributed by atoms with Crippen LogP contribution < -0.4 is 0 Å². The van der Waals surface area contributed by atoms with Gasteiger partial charge in [-0.3, -0.25) is 0 Å². The second-order valence-corrected chi connectivity index (χ2v) is 30.1. The lowest BCUT2D eigenvalue weighted by atomic mass is 9.94. The van der Waals surface area contributed by atoms with Crippen molar-refractivity contribution in [3.63, 3.8) is 0 Å². The predicted octanol–water partition coefficient (Wildman–Crippen LogP) is 25.2. The Balaban J connectivity index is 0.677. The van der Waals surface area contributed by atoms with Gasteiger partial charge in [0.05, 0.1) is 43.7 Å². The van der Waals surface area contributed by atoms with E-state index in [2.05, 4.69) is 299 Å². The highest BCUT2D eigenvalue weighted by Crippen LogP contribution is 2.55. The molecule has 0 amide bonds. The summed E-state index contributed by atoms with van der Waals surface area (Å²) in [7, 11) is 0. The largest absolute Gasteiger partial charge is 0.309 e. The third-order valence-electron chi connectivity index (χ3n) is 22.0. The Morgan fingerprint density at radius 2 is 0.713 bits per heavy atom. The number of hydrogen-bond donors (Lipinski definition) is 0. The molecular weight excluding hydrogens is 1360 g/mol. The van der Waals surface area contributed by atoms with Crippen molar-refractivity contribution in [1.82, 2.24) is 43.6 Å². The quantitative estimate of drug-likeness (QED) is 0.135. The molecule has 11 heteroatoms. The van der Waals surface area contributed by atoms with Gasteiger partial charge >= 0.3 is 0 Å². The van der Waals surface area contributed by atoms with Crippen molar-refractivity contribution >= 4 is 128 Å². The van der Waals surface area contributed by atoms with Crippen LogP contribution in [-0.4, -0.2) is 43.6 Å². The zero-order valence-electron chi connectivity index (χ0n) is 57.8. The van der Waals surface area contributed by atoms with Crippen molar-refractivity contribution in [2.24, 2.45) is 0 Å². The van der Waals surface area contributed by atoms with Crippen LogP contribution in [0.5, 0.6) is 0 Å². The first kappa shape index (κ1) is 60.6. The van der Waals surface area contributed by atoms with E-state index in [4.69, 9.17) is 29.9 Å². The van der Waals surface area contributed by atoms with Gasteiger partial charge in [-0.15, -0.1) is 22.7 Å². The number of rotatable bonds is 10. The normalized spacial score (nSPS) is 12.9. The van der Waals surface area contributed by atoms with Crippen LogP contribution in [0.2, 0.25) is 0 Å². The number of aromatic nitrogens is 9. The summed E-state index contributed by atoms with van der Waals surface area (Å²) >= 11 is 3.70. The van der Waals surface area contributed by atoms with Crippen LogP contribution in [0.4, 0.5) is 0 Å². The standard InChI is InChI=1S/C97H57N9S2/c1-4-23-57(24-5-1)92-99-95(101-96(100-92)62-31-21-32-63(54-62)106-82-56-65(104-78-39-15-10-33-67(78)68-34-11-16-40-79(68)104)45-47-69(82)72-49-50-73-70-35-13-18-43-83(70)108-91(73)90(72)106)61-30-20-29-60(53-61)66-38-22-42-81-86(66)74-36-12-17-41-80(74)105(81)64-46-48-71-77(55-64)88(76-51-52-85-89(87(71)76)75-37-14-19-44-84(75)107-85)97-102-93(58-25-6-2-7-26-58)98-94(103-97)59-27-8-3-9-28-59/h1-56,88H. The fourth-order valence-electron chi connectivity index (χ4n) is 17.3. The molecule has 7 heterocycles. The van der Waals surface area contributed by atoms with Crippen LogP contribution in [0.25, 0.3) is 202 Å². The highest BCUT2D eigenvalue weighted by Gasteiger charge is 2.36. The number of thiophene rings is 2. The number of para-hydroxylation sites is 3. The third-order valence-corrected chi connectivity index (χ3v) is 24.3. The summed E-state index contributed by atoms with van der Waals surface area (Å²) in [6.07, 6.45) is 0. The molecule has 1 aliphatic rings. The summed E-state index contributed by atoms with van der Waals surface area (Å²) in [5.41, 5.74) is 21.3. The van der Waals surface area contributed by atoms with Crippen molar-refractivity contribution < 1.29 is 0 Å². The Bertz CT molecular complexity index is 7400. The highest BCUT2D eigenvalue weighted by atomic mass is 32.1. The Labute approximate surface area is 626 Å². The van der Waals surface area contributed by atoms with Gasteiger partial charge in [-0.1, -0.05) is 255 Å². The zero-order chi connectivity index (χ0) is 70.7. The van der Waals surface area contributed by atoms with Gasteiger partial charge in [-0.2, -0.15) is 0 Å². The molecule has 15 aromatic carbocycles. The summed E-state index contributed by atoms with van der Waals surface area (Å²) in [4.78, 5) is 32.4. The van der Waals surface area contributed by atoms with E-state index in [-0.39, 0.29) is 5.92 Å². The first-order chi connectivity index (χ1) is 53.5. The topological polar surface area (TPSA) is 92.1 Å². The number of hydrogen-bond acceptors (Lipinski definition) is 8. The average molecular weight is 1410 g/mol. The molecule has 0 spiro atoms. The van der Waals surface area contributed by atoms with Gasteiger partial charge in [0, 0.05) is 113 Å². The van der Waals surface area contributed by atoms with Crippen LogP contribution >= 0.6 is 22.7 Å². The van der Waals surface area contributed by atoms with Gasteiger partial charge in [0.15, 0.2) is 29.1 Å². The van der Waals surface area contributed by atoms with E-state index in [0.29, 0.717) is 34.9 Å². The lowest BCUT2D eigenvalue weighted by molar-refractivity contribution is 0.855. The molecule has 0 fully saturated rings. The molecule has 1 unspecified atom stereocenters. The van der Waals surface area contributed by atoms with Crippen molar-refractivity contribution in [3.05, 3.63) is 357 Å². The molecule has 0 saturated carbocycles. The van der Waals surface area contributed by atoms with Gasteiger partial charge in [0.25, 0.3) is 0 Å². The van der Waals surface area contributed by atoms with Crippen LogP contribution in [0.15, 0.2) is 340 Å². The Kier molecular flexibility index (Phi) is 13.4. The summed E-state index contributed by atoms with van der Waals surface area (Å²) in [6, 6.07) is 122. The van der Waals surface area contributed by atoms with E-state index in [1.54, 1.807) is 0 Å². The van der Waals surface area contributed by atoms with E-state index in [1.807, 2.05) is 77.3 Å². The van der Waals surface area contributed by atoms with Crippen molar-refractivity contribution in [2.75, 3.05) is 0 Å². The van der Waals surface area contributed by atoms with Gasteiger partial charge in [-0.05, 0) is 118 Å². The molecule has 108 heavy (non-hydrogen) atoms. The Hall–Kier alpha value is -13.8. The molecule has 0 saturated heterocycles. The summed E-state index contributed by atoms with van der Waals surface area (Å²) < 4.78 is 12.4. The monoisotopic (exact) mass is 1410 g/mol.